The second-order valence-corrected chi connectivity index (χ2v) is 2.79. The molecule has 0 saturated heterocycles. The molecular weight excluding hydrogens is 221 g/mol. The standard InChI is InChI=1S/C2BrCl2NO2/c3-1(4)2(5)6(7)8/b2-1+. The van der Waals surface area contributed by atoms with Crippen molar-refractivity contribution >= 4 is 39.1 Å². The molecule has 0 saturated carbocycles. The molecule has 0 heterocycles. The summed E-state index contributed by atoms with van der Waals surface area (Å²) < 4.78 is -0.191. The second-order valence-electron chi connectivity index (χ2n) is 0.808. The number of halogens is 3. The fraction of sp³-hybridized carbons (Fsp3) is 0. The van der Waals surface area contributed by atoms with Gasteiger partial charge in [0, 0.05) is 0 Å². The van der Waals surface area contributed by atoms with Gasteiger partial charge in [-0.2, -0.15) is 0 Å². The van der Waals surface area contributed by atoms with Crippen molar-refractivity contribution in [3.05, 3.63) is 19.2 Å². The Kier molecular flexibility index (Phi) is 3.35. The van der Waals surface area contributed by atoms with E-state index in [0.29, 0.717) is 0 Å². The highest BCUT2D eigenvalue weighted by molar-refractivity contribution is 9.12. The van der Waals surface area contributed by atoms with E-state index in [1.165, 1.54) is 0 Å². The number of nitrogens with zero attached hydrogens (tertiary/aromatic N) is 1. The first kappa shape index (κ1) is 8.20. The molecule has 0 fully saturated rings. The van der Waals surface area contributed by atoms with Gasteiger partial charge in [0.25, 0.3) is 0 Å². The van der Waals surface area contributed by atoms with Gasteiger partial charge in [-0.05, 0) is 27.5 Å². The van der Waals surface area contributed by atoms with Crippen molar-refractivity contribution in [1.29, 1.82) is 0 Å². The SMILES string of the molecule is O=[N+]([O-])/C(Cl)=C(/Cl)Br. The normalized spacial score (nSPS) is 12.9. The molecular formula is C2BrCl2NO2. The molecule has 8 heavy (non-hydrogen) atoms. The molecule has 0 aliphatic rings. The molecule has 0 rings (SSSR count). The first-order valence-corrected chi connectivity index (χ1v) is 2.95. The number of hydrogen-bond donors (Lipinski definition) is 0. The molecule has 0 aromatic heterocycles. The van der Waals surface area contributed by atoms with Crippen LogP contribution in [0.25, 0.3) is 0 Å². The van der Waals surface area contributed by atoms with Crippen molar-refractivity contribution in [2.24, 2.45) is 0 Å². The van der Waals surface area contributed by atoms with Crippen LogP contribution in [0.3, 0.4) is 0 Å². The van der Waals surface area contributed by atoms with E-state index in [-0.39, 0.29) is 3.94 Å². The summed E-state index contributed by atoms with van der Waals surface area (Å²) in [5.41, 5.74) is 0. The van der Waals surface area contributed by atoms with Gasteiger partial charge in [0.15, 0.2) is 3.94 Å². The largest absolute Gasteiger partial charge is 0.362 e. The quantitative estimate of drug-likeness (QED) is 0.387. The van der Waals surface area contributed by atoms with Crippen LogP contribution >= 0.6 is 39.1 Å². The summed E-state index contributed by atoms with van der Waals surface area (Å²) in [5, 5.41) is 9.04. The van der Waals surface area contributed by atoms with Crippen LogP contribution in [-0.4, -0.2) is 4.92 Å². The zero-order valence-corrected chi connectivity index (χ0v) is 6.50. The predicted octanol–water partition coefficient (Wildman–Crippen LogP) is 2.26. The van der Waals surface area contributed by atoms with Crippen molar-refractivity contribution in [3.63, 3.8) is 0 Å². The third kappa shape index (κ3) is 2.49. The summed E-state index contributed by atoms with van der Waals surface area (Å²) >= 11 is 12.6. The molecule has 0 bridgehead atoms. The Hall–Kier alpha value is 0.200. The van der Waals surface area contributed by atoms with Gasteiger partial charge < -0.3 is 0 Å². The molecule has 0 aromatic rings. The summed E-state index contributed by atoms with van der Waals surface area (Å²) in [4.78, 5) is 8.85. The Labute approximate surface area is 63.5 Å². The Morgan fingerprint density at radius 3 is 2.00 bits per heavy atom. The maximum atomic E-state index is 9.64. The maximum absolute atomic E-state index is 9.64. The van der Waals surface area contributed by atoms with Crippen molar-refractivity contribution < 1.29 is 4.92 Å². The van der Waals surface area contributed by atoms with E-state index in [1.807, 2.05) is 0 Å². The van der Waals surface area contributed by atoms with Gasteiger partial charge in [-0.3, -0.25) is 10.1 Å². The van der Waals surface area contributed by atoms with Crippen molar-refractivity contribution in [3.8, 4) is 0 Å². The number of nitro groups is 1. The molecule has 0 unspecified atom stereocenters. The minimum atomic E-state index is -0.793. The predicted molar refractivity (Wildman–Crippen MR) is 34.7 cm³/mol. The van der Waals surface area contributed by atoms with Crippen LogP contribution in [0.15, 0.2) is 9.10 Å². The van der Waals surface area contributed by atoms with E-state index in [4.69, 9.17) is 23.2 Å². The van der Waals surface area contributed by atoms with Crippen molar-refractivity contribution in [2.75, 3.05) is 0 Å². The van der Waals surface area contributed by atoms with Gasteiger partial charge in [0.05, 0.1) is 4.92 Å². The van der Waals surface area contributed by atoms with Gasteiger partial charge in [-0.25, -0.2) is 0 Å². The lowest BCUT2D eigenvalue weighted by Crippen LogP contribution is -1.90. The van der Waals surface area contributed by atoms with Gasteiger partial charge >= 0.3 is 5.16 Å². The topological polar surface area (TPSA) is 43.1 Å². The Morgan fingerprint density at radius 1 is 1.62 bits per heavy atom. The van der Waals surface area contributed by atoms with Crippen LogP contribution in [0.4, 0.5) is 0 Å². The van der Waals surface area contributed by atoms with Crippen LogP contribution in [0.2, 0.25) is 0 Å². The maximum Gasteiger partial charge on any atom is 0.362 e. The zero-order valence-electron chi connectivity index (χ0n) is 3.40. The smallest absolute Gasteiger partial charge is 0.257 e. The van der Waals surface area contributed by atoms with Gasteiger partial charge in [0.2, 0.25) is 0 Å². The number of rotatable bonds is 1. The van der Waals surface area contributed by atoms with Gasteiger partial charge in [-0.15, -0.1) is 0 Å². The first-order valence-electron chi connectivity index (χ1n) is 1.41. The molecule has 0 aliphatic heterocycles. The summed E-state index contributed by atoms with van der Waals surface area (Å²) in [7, 11) is 0. The molecule has 46 valence electrons. The molecule has 0 radical (unpaired) electrons. The molecule has 6 heteroatoms. The van der Waals surface area contributed by atoms with Crippen molar-refractivity contribution in [1.82, 2.24) is 0 Å². The van der Waals surface area contributed by atoms with E-state index in [9.17, 15) is 10.1 Å². The van der Waals surface area contributed by atoms with E-state index in [1.54, 1.807) is 0 Å². The average Bonchev–Trinajstić information content (AvgIpc) is 1.64. The summed E-state index contributed by atoms with van der Waals surface area (Å²) in [6.45, 7) is 0. The molecule has 0 spiro atoms. The van der Waals surface area contributed by atoms with E-state index >= 15 is 0 Å². The molecule has 0 N–H and O–H groups in total. The molecule has 0 aromatic carbocycles. The molecule has 0 amide bonds. The van der Waals surface area contributed by atoms with E-state index in [0.717, 1.165) is 0 Å². The lowest BCUT2D eigenvalue weighted by molar-refractivity contribution is -0.412. The fourth-order valence-corrected chi connectivity index (χ4v) is 0.283. The van der Waals surface area contributed by atoms with Crippen LogP contribution in [0, 0.1) is 10.1 Å². The van der Waals surface area contributed by atoms with Gasteiger partial charge in [0.1, 0.15) is 0 Å². The van der Waals surface area contributed by atoms with E-state index in [2.05, 4.69) is 15.9 Å². The molecule has 3 nitrogen and oxygen atoms in total. The van der Waals surface area contributed by atoms with Crippen LogP contribution in [-0.2, 0) is 0 Å². The number of hydrogen-bond acceptors (Lipinski definition) is 2. The fourth-order valence-electron chi connectivity index (χ4n) is 0.0690. The Bertz CT molecular complexity index is 141. The van der Waals surface area contributed by atoms with Crippen molar-refractivity contribution in [2.45, 2.75) is 0 Å². The first-order chi connectivity index (χ1) is 3.55. The highest BCUT2D eigenvalue weighted by Gasteiger charge is 2.09. The lowest BCUT2D eigenvalue weighted by atomic mass is 11.0. The Morgan fingerprint density at radius 2 is 2.00 bits per heavy atom. The molecule has 0 atom stereocenters. The third-order valence-corrected chi connectivity index (χ3v) is 1.52. The summed E-state index contributed by atoms with van der Waals surface area (Å²) in [6, 6.07) is 0. The third-order valence-electron chi connectivity index (χ3n) is 0.316. The van der Waals surface area contributed by atoms with Crippen LogP contribution < -0.4 is 0 Å². The lowest BCUT2D eigenvalue weighted by Gasteiger charge is -1.82. The molecule has 0 aliphatic carbocycles. The average molecular weight is 221 g/mol. The monoisotopic (exact) mass is 219 g/mol. The summed E-state index contributed by atoms with van der Waals surface area (Å²) in [6.07, 6.45) is 0. The summed E-state index contributed by atoms with van der Waals surface area (Å²) in [5.74, 6) is 0. The second kappa shape index (κ2) is 3.27. The highest BCUT2D eigenvalue weighted by atomic mass is 79.9. The van der Waals surface area contributed by atoms with Crippen LogP contribution in [0.5, 0.6) is 0 Å². The van der Waals surface area contributed by atoms with E-state index < -0.39 is 10.1 Å². The van der Waals surface area contributed by atoms with Crippen LogP contribution in [0.1, 0.15) is 0 Å². The minimum Gasteiger partial charge on any atom is -0.257 e. The highest BCUT2D eigenvalue weighted by Crippen LogP contribution is 2.19. The minimum absolute atomic E-state index is 0.191. The Balaban J connectivity index is 4.23. The zero-order chi connectivity index (χ0) is 6.73. The van der Waals surface area contributed by atoms with Gasteiger partial charge in [-0.1, -0.05) is 11.6 Å².